The third kappa shape index (κ3) is 27.4. The average Bonchev–Trinajstić information content (AvgIpc) is 0.760. The van der Waals surface area contributed by atoms with Crippen molar-refractivity contribution in [3.63, 3.8) is 0 Å². The number of phenols is 20. The molecule has 11 rings (SSSR count). The van der Waals surface area contributed by atoms with E-state index >= 15 is 19.2 Å². The fourth-order valence-corrected chi connectivity index (χ4v) is 14.3. The lowest BCUT2D eigenvalue weighted by atomic mass is 9.97. The van der Waals surface area contributed by atoms with Gasteiger partial charge in [0.15, 0.2) is 127 Å². The van der Waals surface area contributed by atoms with Gasteiger partial charge in [0.1, 0.15) is 12.7 Å². The topological polar surface area (TPSA) is 777 Å². The van der Waals surface area contributed by atoms with Crippen LogP contribution < -0.4 is 47.4 Å². The number of aromatic hydroxyl groups is 20. The van der Waals surface area contributed by atoms with Crippen LogP contribution >= 0.6 is 0 Å². The van der Waals surface area contributed by atoms with Gasteiger partial charge in [-0.25, -0.2) is 47.9 Å². The van der Waals surface area contributed by atoms with Crippen LogP contribution in [0.15, 0.2) is 121 Å². The summed E-state index contributed by atoms with van der Waals surface area (Å²) in [6.07, 6.45) is -9.85. The molecule has 0 spiro atoms. The number of esters is 10. The van der Waals surface area contributed by atoms with E-state index in [1.165, 1.54) is 0 Å². The number of ether oxygens (including phenoxy) is 16. The molecule has 1 aliphatic heterocycles. The third-order valence-electron chi connectivity index (χ3n) is 21.4. The number of unbranched alkanes of at least 4 members (excludes halogenated alkanes) is 7. The molecule has 0 radical (unpaired) electrons. The lowest BCUT2D eigenvalue weighted by molar-refractivity contribution is -0.282. The van der Waals surface area contributed by atoms with Gasteiger partial charge in [0.05, 0.1) is 94.4 Å². The Labute approximate surface area is 835 Å². The molecule has 1 saturated heterocycles. The Kier molecular flexibility index (Phi) is 36.2. The van der Waals surface area contributed by atoms with E-state index in [-0.39, 0.29) is 39.3 Å². The van der Waals surface area contributed by atoms with Gasteiger partial charge in [-0.2, -0.15) is 8.42 Å². The number of rotatable bonds is 45. The Hall–Kier alpha value is -18.2. The minimum atomic E-state index is -4.42. The zero-order valence-electron chi connectivity index (χ0n) is 78.1. The van der Waals surface area contributed by atoms with E-state index < -0.39 is 348 Å². The van der Waals surface area contributed by atoms with Crippen molar-refractivity contribution in [2.75, 3.05) is 45.4 Å². The first kappa shape index (κ1) is 110. The predicted molar refractivity (Wildman–Crippen MR) is 496 cm³/mol. The second-order valence-corrected chi connectivity index (χ2v) is 34.0. The molecule has 148 heavy (non-hydrogen) atoms. The minimum Gasteiger partial charge on any atom is -0.504 e. The van der Waals surface area contributed by atoms with Crippen molar-refractivity contribution in [1.29, 1.82) is 0 Å². The maximum atomic E-state index is 15.7. The highest BCUT2D eigenvalue weighted by Crippen LogP contribution is 2.49. The molecule has 788 valence electrons. The first-order valence-corrected chi connectivity index (χ1v) is 46.3. The van der Waals surface area contributed by atoms with E-state index in [1.54, 1.807) is 13.8 Å². The predicted octanol–water partition coefficient (Wildman–Crippen LogP) is 11.9. The summed E-state index contributed by atoms with van der Waals surface area (Å²) in [5.74, 6) is -50.1. The Bertz CT molecular complexity index is 6800. The Morgan fingerprint density at radius 1 is 0.250 bits per heavy atom. The summed E-state index contributed by atoms with van der Waals surface area (Å²) in [7, 11) is -4.42. The van der Waals surface area contributed by atoms with Crippen molar-refractivity contribution in [1.82, 2.24) is 0 Å². The third-order valence-corrected chi connectivity index (χ3v) is 22.2. The van der Waals surface area contributed by atoms with Crippen molar-refractivity contribution in [3.05, 3.63) is 177 Å². The van der Waals surface area contributed by atoms with E-state index in [0.717, 1.165) is 36.8 Å². The van der Waals surface area contributed by atoms with E-state index in [0.29, 0.717) is 149 Å². The van der Waals surface area contributed by atoms with Crippen molar-refractivity contribution in [3.8, 4) is 172 Å². The highest BCUT2D eigenvalue weighted by atomic mass is 32.2. The molecule has 1 aliphatic rings. The number of phenolic OH excluding ortho intramolecular Hbond substituents is 20. The molecular formula is C98H96O49S. The van der Waals surface area contributed by atoms with Crippen LogP contribution in [0.5, 0.6) is 172 Å². The van der Waals surface area contributed by atoms with E-state index in [1.807, 2.05) is 13.8 Å². The Balaban J connectivity index is 1.08. The molecule has 1 fully saturated rings. The van der Waals surface area contributed by atoms with Gasteiger partial charge in [0.2, 0.25) is 69.9 Å². The molecule has 49 nitrogen and oxygen atoms in total. The maximum absolute atomic E-state index is 15.7. The second-order valence-electron chi connectivity index (χ2n) is 32.4. The van der Waals surface area contributed by atoms with Crippen LogP contribution in [-0.4, -0.2) is 251 Å². The smallest absolute Gasteiger partial charge is 0.343 e. The maximum Gasteiger partial charge on any atom is 0.343 e. The minimum absolute atomic E-state index is 0.0431. The molecule has 5 atom stereocenters. The van der Waals surface area contributed by atoms with Crippen LogP contribution in [0.4, 0.5) is 0 Å². The summed E-state index contributed by atoms with van der Waals surface area (Å²) in [6, 6.07) is 11.4. The summed E-state index contributed by atoms with van der Waals surface area (Å²) < 4.78 is 122. The van der Waals surface area contributed by atoms with Crippen LogP contribution in [0.2, 0.25) is 0 Å². The SMILES string of the molecule is CCCCCOc1cc(C(=O)Oc2cc(C(=O)OCC3OC(OC(=O)c4cc(O)c(O)c(OC(=O)c5cc(O)c(OCCCCS(=O)(=O)O)c(O)c5)c4)C(OC(=O)c4cc(O)c(O)c(OC(=O)c5cc(O)c(O)c(OCCCC)c5)c4)C(OC(=O)c4cc(O)c(O)c(OC(=O)c5cc(O)c(OCCCCC)c(O)c5)c4)C3OC(=O)c3cc(O)c(O)c(OC(=O)c4cc(O)c(O)c(OCCCC)c4)c3)cc(O)c2O)cc(O)c1O. The summed E-state index contributed by atoms with van der Waals surface area (Å²) >= 11 is 0. The van der Waals surface area contributed by atoms with Crippen molar-refractivity contribution in [2.24, 2.45) is 0 Å². The van der Waals surface area contributed by atoms with Gasteiger partial charge in [0.25, 0.3) is 10.1 Å². The van der Waals surface area contributed by atoms with Gasteiger partial charge in [-0.3, -0.25) is 4.55 Å². The lowest BCUT2D eigenvalue weighted by Gasteiger charge is -2.43. The molecule has 50 heteroatoms. The molecule has 0 aromatic heterocycles. The second kappa shape index (κ2) is 48.7. The molecular weight excluding hydrogens is 1990 g/mol. The molecule has 1 heterocycles. The number of carbonyl (C=O) groups is 10. The lowest BCUT2D eigenvalue weighted by Crippen LogP contribution is -2.63. The number of benzene rings is 10. The highest BCUT2D eigenvalue weighted by Gasteiger charge is 2.55. The van der Waals surface area contributed by atoms with Crippen LogP contribution in [0.25, 0.3) is 0 Å². The summed E-state index contributed by atoms with van der Waals surface area (Å²) in [6.45, 7) is 4.92. The molecule has 0 bridgehead atoms. The average molecular weight is 2090 g/mol. The molecule has 21 N–H and O–H groups in total. The van der Waals surface area contributed by atoms with E-state index in [9.17, 15) is 139 Å². The monoisotopic (exact) mass is 2090 g/mol. The first-order chi connectivity index (χ1) is 70.2. The van der Waals surface area contributed by atoms with Crippen molar-refractivity contribution in [2.45, 2.75) is 135 Å². The largest absolute Gasteiger partial charge is 0.504 e. The van der Waals surface area contributed by atoms with Crippen LogP contribution in [-0.2, 0) is 38.5 Å². The van der Waals surface area contributed by atoms with Crippen LogP contribution in [0, 0.1) is 0 Å². The quantitative estimate of drug-likeness (QED) is 0.00421. The number of carbonyl (C=O) groups excluding carboxylic acids is 10. The standard InChI is InChI=1S/C98H96O49S/c1-5-9-13-19-134-68-37-49(26-56(101)77(68)113)91(122)140-69-38-46(23-57(102)78(69)114)88(119)137-43-74-85(144-94(125)50-27-58(103)80(116)71(39-50)141-92(123)47-24-54(99)75(111)66(35-47)132-17-11-7-3)86(145-95(126)51-28-59(104)79(115)70(40-51)138-89(120)44-31-62(107)83(63(108)32-44)135-20-14-10-6-2)87(146-96(127)52-29-60(105)81(117)72(41-52)142-93(124)48-25-55(100)76(112)67(36-48)133-18-12-8-4)98(143-74)147-97(128)53-30-61(106)82(118)73(42-53)139-90(121)45-33-64(109)84(65(110)34-45)136-21-15-16-22-148(129,130)131/h23-42,74,85-87,98-118H,5-22,43H2,1-4H3,(H,129,130,131). The number of hydrogen-bond donors (Lipinski definition) is 21. The summed E-state index contributed by atoms with van der Waals surface area (Å²) in [4.78, 5) is 147. The Morgan fingerprint density at radius 3 is 0.764 bits per heavy atom. The van der Waals surface area contributed by atoms with Crippen molar-refractivity contribution >= 4 is 69.8 Å². The van der Waals surface area contributed by atoms with Crippen LogP contribution in [0.3, 0.4) is 0 Å². The van der Waals surface area contributed by atoms with Gasteiger partial charge in [-0.15, -0.1) is 0 Å². The Morgan fingerprint density at radius 2 is 0.473 bits per heavy atom. The van der Waals surface area contributed by atoms with Gasteiger partial charge in [-0.05, 0) is 160 Å². The fraction of sp³-hybridized carbons (Fsp3) is 0.286. The van der Waals surface area contributed by atoms with Gasteiger partial charge in [-0.1, -0.05) is 66.2 Å². The summed E-state index contributed by atoms with van der Waals surface area (Å²) in [5, 5.41) is 221. The van der Waals surface area contributed by atoms with Crippen LogP contribution in [0.1, 0.15) is 208 Å². The van der Waals surface area contributed by atoms with E-state index in [2.05, 4.69) is 0 Å². The molecule has 0 amide bonds. The zero-order valence-corrected chi connectivity index (χ0v) is 78.9. The van der Waals surface area contributed by atoms with Gasteiger partial charge >= 0.3 is 59.7 Å². The fourth-order valence-electron chi connectivity index (χ4n) is 13.7. The zero-order chi connectivity index (χ0) is 108. The summed E-state index contributed by atoms with van der Waals surface area (Å²) in [5.41, 5.74) is -9.05. The normalized spacial score (nSPS) is 14.2. The van der Waals surface area contributed by atoms with Gasteiger partial charge in [0, 0.05) is 0 Å². The number of hydrogen-bond acceptors (Lipinski definition) is 48. The molecule has 0 saturated carbocycles. The molecule has 10 aromatic rings. The highest BCUT2D eigenvalue weighted by molar-refractivity contribution is 7.85. The van der Waals surface area contributed by atoms with Crippen molar-refractivity contribution < 1.29 is 239 Å². The molecule has 5 unspecified atom stereocenters. The first-order valence-electron chi connectivity index (χ1n) is 44.7. The molecule has 10 aromatic carbocycles. The van der Waals surface area contributed by atoms with E-state index in [4.69, 9.17) is 80.3 Å². The molecule has 0 aliphatic carbocycles. The van der Waals surface area contributed by atoms with Gasteiger partial charge < -0.3 is 178 Å².